The van der Waals surface area contributed by atoms with Gasteiger partial charge in [0.1, 0.15) is 0 Å². The fraction of sp³-hybridized carbons (Fsp3) is 0.818. The van der Waals surface area contributed by atoms with Crippen molar-refractivity contribution in [2.75, 3.05) is 27.4 Å². The summed E-state index contributed by atoms with van der Waals surface area (Å²) in [5.41, 5.74) is 2.76. The SMILES string of the molecule is CCC(=C(COC)COC)C(C)C. The summed E-state index contributed by atoms with van der Waals surface area (Å²) >= 11 is 0. The molecule has 0 amide bonds. The first-order chi connectivity index (χ1) is 6.17. The predicted molar refractivity (Wildman–Crippen MR) is 55.9 cm³/mol. The van der Waals surface area contributed by atoms with Crippen LogP contribution in [0.25, 0.3) is 0 Å². The minimum absolute atomic E-state index is 0.588. The zero-order chi connectivity index (χ0) is 10.3. The van der Waals surface area contributed by atoms with Crippen LogP contribution in [0, 0.1) is 5.92 Å². The molecule has 0 saturated carbocycles. The first-order valence-electron chi connectivity index (χ1n) is 4.85. The van der Waals surface area contributed by atoms with E-state index in [0.29, 0.717) is 19.1 Å². The molecular formula is C11H22O2. The maximum absolute atomic E-state index is 5.15. The van der Waals surface area contributed by atoms with E-state index < -0.39 is 0 Å². The van der Waals surface area contributed by atoms with E-state index in [2.05, 4.69) is 20.8 Å². The van der Waals surface area contributed by atoms with Gasteiger partial charge in [-0.05, 0) is 17.9 Å². The van der Waals surface area contributed by atoms with E-state index in [1.807, 2.05) is 0 Å². The van der Waals surface area contributed by atoms with Crippen LogP contribution in [0.1, 0.15) is 27.2 Å². The molecule has 0 unspecified atom stereocenters. The molecule has 0 atom stereocenters. The maximum atomic E-state index is 5.15. The van der Waals surface area contributed by atoms with Gasteiger partial charge in [0.15, 0.2) is 0 Å². The molecule has 0 bridgehead atoms. The van der Waals surface area contributed by atoms with E-state index in [9.17, 15) is 0 Å². The van der Waals surface area contributed by atoms with Crippen LogP contribution in [0.4, 0.5) is 0 Å². The number of rotatable bonds is 6. The highest BCUT2D eigenvalue weighted by Gasteiger charge is 2.08. The Morgan fingerprint density at radius 2 is 1.54 bits per heavy atom. The Labute approximate surface area is 81.9 Å². The van der Waals surface area contributed by atoms with Crippen molar-refractivity contribution in [3.05, 3.63) is 11.1 Å². The van der Waals surface area contributed by atoms with Gasteiger partial charge in [-0.1, -0.05) is 26.3 Å². The van der Waals surface area contributed by atoms with Crippen molar-refractivity contribution in [2.24, 2.45) is 5.92 Å². The lowest BCUT2D eigenvalue weighted by molar-refractivity contribution is 0.179. The second-order valence-corrected chi connectivity index (χ2v) is 3.50. The van der Waals surface area contributed by atoms with Gasteiger partial charge in [0.05, 0.1) is 13.2 Å². The summed E-state index contributed by atoms with van der Waals surface area (Å²) < 4.78 is 10.3. The van der Waals surface area contributed by atoms with Gasteiger partial charge in [0.2, 0.25) is 0 Å². The van der Waals surface area contributed by atoms with Gasteiger partial charge in [0, 0.05) is 14.2 Å². The second-order valence-electron chi connectivity index (χ2n) is 3.50. The van der Waals surface area contributed by atoms with Crippen molar-refractivity contribution in [3.63, 3.8) is 0 Å². The number of ether oxygens (including phenoxy) is 2. The van der Waals surface area contributed by atoms with E-state index in [1.165, 1.54) is 11.1 Å². The van der Waals surface area contributed by atoms with Crippen LogP contribution in [0.15, 0.2) is 11.1 Å². The summed E-state index contributed by atoms with van der Waals surface area (Å²) in [7, 11) is 3.45. The Balaban J connectivity index is 4.55. The van der Waals surface area contributed by atoms with Gasteiger partial charge < -0.3 is 9.47 Å². The Morgan fingerprint density at radius 1 is 1.08 bits per heavy atom. The standard InChI is InChI=1S/C11H22O2/c1-6-11(9(2)3)10(7-12-4)8-13-5/h9H,6-8H2,1-5H3. The van der Waals surface area contributed by atoms with Crippen molar-refractivity contribution in [3.8, 4) is 0 Å². The highest BCUT2D eigenvalue weighted by Crippen LogP contribution is 2.18. The van der Waals surface area contributed by atoms with Crippen LogP contribution in [-0.4, -0.2) is 27.4 Å². The topological polar surface area (TPSA) is 18.5 Å². The number of methoxy groups -OCH3 is 2. The molecule has 13 heavy (non-hydrogen) atoms. The summed E-state index contributed by atoms with van der Waals surface area (Å²) in [5.74, 6) is 0.588. The molecule has 0 aliphatic rings. The molecule has 0 N–H and O–H groups in total. The molecule has 2 heteroatoms. The molecule has 0 radical (unpaired) electrons. The third-order valence-corrected chi connectivity index (χ3v) is 2.17. The number of allylic oxidation sites excluding steroid dienone is 1. The molecule has 0 spiro atoms. The third kappa shape index (κ3) is 4.44. The first-order valence-corrected chi connectivity index (χ1v) is 4.85. The zero-order valence-corrected chi connectivity index (χ0v) is 9.52. The molecule has 0 aromatic rings. The highest BCUT2D eigenvalue weighted by atomic mass is 16.5. The van der Waals surface area contributed by atoms with E-state index in [-0.39, 0.29) is 0 Å². The van der Waals surface area contributed by atoms with E-state index in [4.69, 9.17) is 9.47 Å². The van der Waals surface area contributed by atoms with Crippen molar-refractivity contribution in [2.45, 2.75) is 27.2 Å². The van der Waals surface area contributed by atoms with Gasteiger partial charge in [-0.2, -0.15) is 0 Å². The molecule has 78 valence electrons. The van der Waals surface area contributed by atoms with Crippen molar-refractivity contribution in [1.82, 2.24) is 0 Å². The lowest BCUT2D eigenvalue weighted by Crippen LogP contribution is -2.09. The van der Waals surface area contributed by atoms with Crippen LogP contribution >= 0.6 is 0 Å². The maximum Gasteiger partial charge on any atom is 0.0697 e. The van der Waals surface area contributed by atoms with E-state index in [0.717, 1.165) is 6.42 Å². The van der Waals surface area contributed by atoms with Gasteiger partial charge >= 0.3 is 0 Å². The fourth-order valence-corrected chi connectivity index (χ4v) is 1.64. The number of hydrogen-bond acceptors (Lipinski definition) is 2. The van der Waals surface area contributed by atoms with Crippen molar-refractivity contribution in [1.29, 1.82) is 0 Å². The molecule has 0 saturated heterocycles. The molecule has 0 fully saturated rings. The average Bonchev–Trinajstić information content (AvgIpc) is 2.05. The second kappa shape index (κ2) is 7.10. The Hall–Kier alpha value is -0.340. The van der Waals surface area contributed by atoms with Crippen LogP contribution in [0.5, 0.6) is 0 Å². The molecule has 0 aromatic heterocycles. The summed E-state index contributed by atoms with van der Waals surface area (Å²) in [4.78, 5) is 0. The molecule has 0 aliphatic heterocycles. The van der Waals surface area contributed by atoms with Crippen LogP contribution in [0.3, 0.4) is 0 Å². The summed E-state index contributed by atoms with van der Waals surface area (Å²) in [6.07, 6.45) is 1.08. The highest BCUT2D eigenvalue weighted by molar-refractivity contribution is 5.17. The summed E-state index contributed by atoms with van der Waals surface area (Å²) in [5, 5.41) is 0. The van der Waals surface area contributed by atoms with Crippen LogP contribution in [-0.2, 0) is 9.47 Å². The van der Waals surface area contributed by atoms with Crippen molar-refractivity contribution < 1.29 is 9.47 Å². The molecule has 0 aliphatic carbocycles. The van der Waals surface area contributed by atoms with Gasteiger partial charge in [0.25, 0.3) is 0 Å². The molecule has 0 rings (SSSR count). The van der Waals surface area contributed by atoms with E-state index >= 15 is 0 Å². The first kappa shape index (κ1) is 12.7. The lowest BCUT2D eigenvalue weighted by Gasteiger charge is -2.16. The Bertz CT molecular complexity index is 151. The third-order valence-electron chi connectivity index (χ3n) is 2.17. The quantitative estimate of drug-likeness (QED) is 0.594. The van der Waals surface area contributed by atoms with Crippen molar-refractivity contribution >= 4 is 0 Å². The normalized spacial score (nSPS) is 10.6. The molecular weight excluding hydrogens is 164 g/mol. The Kier molecular flexibility index (Phi) is 6.92. The van der Waals surface area contributed by atoms with Gasteiger partial charge in [-0.15, -0.1) is 0 Å². The predicted octanol–water partition coefficient (Wildman–Crippen LogP) is 2.64. The van der Waals surface area contributed by atoms with Crippen LogP contribution in [0.2, 0.25) is 0 Å². The average molecular weight is 186 g/mol. The fourth-order valence-electron chi connectivity index (χ4n) is 1.64. The van der Waals surface area contributed by atoms with Gasteiger partial charge in [-0.25, -0.2) is 0 Å². The smallest absolute Gasteiger partial charge is 0.0697 e. The monoisotopic (exact) mass is 186 g/mol. The van der Waals surface area contributed by atoms with E-state index in [1.54, 1.807) is 14.2 Å². The minimum atomic E-state index is 0.588. The minimum Gasteiger partial charge on any atom is -0.380 e. The molecule has 2 nitrogen and oxygen atoms in total. The molecule has 0 aromatic carbocycles. The zero-order valence-electron chi connectivity index (χ0n) is 9.52. The lowest BCUT2D eigenvalue weighted by atomic mass is 9.95. The van der Waals surface area contributed by atoms with Crippen LogP contribution < -0.4 is 0 Å². The van der Waals surface area contributed by atoms with Gasteiger partial charge in [-0.3, -0.25) is 0 Å². The summed E-state index contributed by atoms with van der Waals surface area (Å²) in [6, 6.07) is 0. The molecule has 0 heterocycles. The Morgan fingerprint density at radius 3 is 1.77 bits per heavy atom. The largest absolute Gasteiger partial charge is 0.380 e. The summed E-state index contributed by atoms with van der Waals surface area (Å²) in [6.45, 7) is 7.99. The number of hydrogen-bond donors (Lipinski definition) is 0.